The van der Waals surface area contributed by atoms with Gasteiger partial charge in [-0.15, -0.1) is 0 Å². The number of ether oxygens (including phenoxy) is 2. The van der Waals surface area contributed by atoms with Gasteiger partial charge in [0.25, 0.3) is 0 Å². The number of aromatic nitrogens is 1. The molecule has 2 aliphatic rings. The van der Waals surface area contributed by atoms with Crippen molar-refractivity contribution in [1.82, 2.24) is 9.88 Å². The summed E-state index contributed by atoms with van der Waals surface area (Å²) in [6, 6.07) is 2.00. The third kappa shape index (κ3) is 2.41. The molecule has 0 bridgehead atoms. The van der Waals surface area contributed by atoms with Crippen LogP contribution in [0.4, 0.5) is 0 Å². The molecule has 1 fully saturated rings. The summed E-state index contributed by atoms with van der Waals surface area (Å²) in [5, 5.41) is 3.42. The fourth-order valence-electron chi connectivity index (χ4n) is 3.04. The molecule has 2 aliphatic heterocycles. The second-order valence-electron chi connectivity index (χ2n) is 5.81. The van der Waals surface area contributed by atoms with Crippen LogP contribution in [0.5, 0.6) is 0 Å². The highest BCUT2D eigenvalue weighted by molar-refractivity contribution is 6.26. The first-order chi connectivity index (χ1) is 10.5. The molecule has 0 saturated carbocycles. The molecule has 22 heavy (non-hydrogen) atoms. The Kier molecular flexibility index (Phi) is 3.93. The van der Waals surface area contributed by atoms with Crippen LogP contribution in [0.25, 0.3) is 11.9 Å². The van der Waals surface area contributed by atoms with E-state index in [1.165, 1.54) is 0 Å². The number of dihydropyridines is 1. The Morgan fingerprint density at radius 3 is 2.95 bits per heavy atom. The van der Waals surface area contributed by atoms with Crippen LogP contribution in [0.1, 0.15) is 18.9 Å². The molecule has 0 aliphatic carbocycles. The molecule has 2 unspecified atom stereocenters. The summed E-state index contributed by atoms with van der Waals surface area (Å²) in [7, 11) is 1.69. The smallest absolute Gasteiger partial charge is 0.164 e. The Hall–Kier alpha value is -1.49. The van der Waals surface area contributed by atoms with Crippen molar-refractivity contribution in [2.24, 2.45) is 0 Å². The predicted molar refractivity (Wildman–Crippen MR) is 89.4 cm³/mol. The van der Waals surface area contributed by atoms with Crippen molar-refractivity contribution in [2.75, 3.05) is 20.3 Å². The molecule has 0 spiro atoms. The highest BCUT2D eigenvalue weighted by atomic mass is 35.5. The van der Waals surface area contributed by atoms with E-state index in [0.29, 0.717) is 13.2 Å². The van der Waals surface area contributed by atoms with Crippen LogP contribution < -0.4 is 5.32 Å². The van der Waals surface area contributed by atoms with Gasteiger partial charge in [0.2, 0.25) is 0 Å². The van der Waals surface area contributed by atoms with E-state index in [-0.39, 0.29) is 0 Å². The minimum absolute atomic E-state index is 0.473. The zero-order valence-corrected chi connectivity index (χ0v) is 13.7. The van der Waals surface area contributed by atoms with Gasteiger partial charge in [-0.25, -0.2) is 0 Å². The van der Waals surface area contributed by atoms with Crippen LogP contribution in [-0.2, 0) is 9.47 Å². The molecule has 0 amide bonds. The Morgan fingerprint density at radius 2 is 2.36 bits per heavy atom. The molecule has 1 N–H and O–H groups in total. The van der Waals surface area contributed by atoms with E-state index < -0.39 is 10.6 Å². The molecule has 3 heterocycles. The predicted octanol–water partition coefficient (Wildman–Crippen LogP) is 3.22. The number of allylic oxidation sites excluding steroid dienone is 2. The average molecular weight is 321 g/mol. The Labute approximate surface area is 136 Å². The van der Waals surface area contributed by atoms with Crippen LogP contribution in [0.2, 0.25) is 0 Å². The summed E-state index contributed by atoms with van der Waals surface area (Å²) in [5.41, 5.74) is 1.56. The van der Waals surface area contributed by atoms with Gasteiger partial charge >= 0.3 is 0 Å². The summed E-state index contributed by atoms with van der Waals surface area (Å²) in [5.74, 6) is 0.909. The molecule has 118 valence electrons. The Bertz CT molecular complexity index is 641. The minimum Gasteiger partial charge on any atom is -0.378 e. The lowest BCUT2D eigenvalue weighted by atomic mass is 9.89. The van der Waals surface area contributed by atoms with Crippen molar-refractivity contribution < 1.29 is 9.47 Å². The lowest BCUT2D eigenvalue weighted by Gasteiger charge is -2.43. The molecule has 5 heteroatoms. The zero-order valence-electron chi connectivity index (χ0n) is 12.9. The average Bonchev–Trinajstić information content (AvgIpc) is 3.16. The van der Waals surface area contributed by atoms with Crippen molar-refractivity contribution in [1.29, 1.82) is 0 Å². The second-order valence-corrected chi connectivity index (χ2v) is 6.41. The van der Waals surface area contributed by atoms with E-state index in [4.69, 9.17) is 21.1 Å². The van der Waals surface area contributed by atoms with Gasteiger partial charge in [-0.05, 0) is 36.3 Å². The first-order valence-corrected chi connectivity index (χ1v) is 7.72. The van der Waals surface area contributed by atoms with E-state index in [2.05, 4.69) is 18.0 Å². The van der Waals surface area contributed by atoms with Gasteiger partial charge in [-0.3, -0.25) is 0 Å². The van der Waals surface area contributed by atoms with Gasteiger partial charge in [0.05, 0.1) is 6.61 Å². The summed E-state index contributed by atoms with van der Waals surface area (Å²) in [4.78, 5) is -0.842. The Morgan fingerprint density at radius 1 is 1.55 bits per heavy atom. The monoisotopic (exact) mass is 320 g/mol. The molecule has 1 aromatic rings. The van der Waals surface area contributed by atoms with Crippen molar-refractivity contribution in [3.05, 3.63) is 48.3 Å². The van der Waals surface area contributed by atoms with Crippen LogP contribution in [0.3, 0.4) is 0 Å². The number of nitrogens with one attached hydrogen (secondary N) is 1. The number of halogens is 1. The lowest BCUT2D eigenvalue weighted by Crippen LogP contribution is -2.60. The van der Waals surface area contributed by atoms with E-state index in [9.17, 15) is 0 Å². The van der Waals surface area contributed by atoms with Crippen LogP contribution in [0, 0.1) is 0 Å². The molecular formula is C17H21ClN2O2. The number of methoxy groups -OCH3 is 1. The molecule has 1 saturated heterocycles. The first kappa shape index (κ1) is 15.4. The van der Waals surface area contributed by atoms with E-state index >= 15 is 0 Å². The van der Waals surface area contributed by atoms with Crippen molar-refractivity contribution >= 4 is 23.5 Å². The highest BCUT2D eigenvalue weighted by Gasteiger charge is 2.53. The molecule has 0 aromatic carbocycles. The van der Waals surface area contributed by atoms with Crippen molar-refractivity contribution in [2.45, 2.75) is 23.9 Å². The van der Waals surface area contributed by atoms with E-state index in [0.717, 1.165) is 23.4 Å². The van der Waals surface area contributed by atoms with Gasteiger partial charge < -0.3 is 19.4 Å². The summed E-state index contributed by atoms with van der Waals surface area (Å²) in [6.07, 6.45) is 10.6. The van der Waals surface area contributed by atoms with Gasteiger partial charge in [0.15, 0.2) is 5.00 Å². The van der Waals surface area contributed by atoms with E-state index in [1.54, 1.807) is 7.11 Å². The summed E-state index contributed by atoms with van der Waals surface area (Å²) in [6.45, 7) is 6.96. The van der Waals surface area contributed by atoms with Crippen LogP contribution in [-0.4, -0.2) is 35.5 Å². The number of nitrogens with zero attached hydrogens (tertiary/aromatic N) is 1. The molecule has 4 nitrogen and oxygen atoms in total. The van der Waals surface area contributed by atoms with Gasteiger partial charge in [0.1, 0.15) is 11.4 Å². The van der Waals surface area contributed by atoms with Crippen LogP contribution >= 0.6 is 11.6 Å². The van der Waals surface area contributed by atoms with Crippen LogP contribution in [0.15, 0.2) is 42.8 Å². The van der Waals surface area contributed by atoms with Crippen molar-refractivity contribution in [3.8, 4) is 0 Å². The third-order valence-corrected chi connectivity index (χ3v) is 4.92. The zero-order chi connectivity index (χ0) is 15.8. The largest absolute Gasteiger partial charge is 0.378 e. The van der Waals surface area contributed by atoms with E-state index in [1.807, 2.05) is 42.1 Å². The maximum atomic E-state index is 6.95. The topological polar surface area (TPSA) is 35.4 Å². The summed E-state index contributed by atoms with van der Waals surface area (Å²) >= 11 is 6.95. The number of hydrogen-bond acceptors (Lipinski definition) is 3. The second kappa shape index (κ2) is 5.61. The molecular weight excluding hydrogens is 300 g/mol. The maximum absolute atomic E-state index is 6.95. The SMILES string of the molecule is C=Cc1ccn(C2=CC(C)=CC(Cl)(C3(OC)CCOC3)N2)c1. The molecule has 2 atom stereocenters. The standard InChI is InChI=1S/C17H21ClN2O2/c1-4-14-5-7-20(11-14)15-9-13(2)10-17(18,19-15)16(21-3)6-8-22-12-16/h4-5,7,9-11,19H,1,6,8,12H2,2-3H3. The number of hydrogen-bond donors (Lipinski definition) is 1. The van der Waals surface area contributed by atoms with Gasteiger partial charge in [-0.1, -0.05) is 24.3 Å². The van der Waals surface area contributed by atoms with Gasteiger partial charge in [0, 0.05) is 32.5 Å². The maximum Gasteiger partial charge on any atom is 0.164 e. The fraction of sp³-hybridized carbons (Fsp3) is 0.412. The lowest BCUT2D eigenvalue weighted by molar-refractivity contribution is -0.0430. The quantitative estimate of drug-likeness (QED) is 0.683. The molecule has 0 radical (unpaired) electrons. The number of rotatable bonds is 4. The first-order valence-electron chi connectivity index (χ1n) is 7.34. The number of alkyl halides is 1. The molecule has 1 aromatic heterocycles. The fourth-order valence-corrected chi connectivity index (χ4v) is 3.54. The molecule has 3 rings (SSSR count). The highest BCUT2D eigenvalue weighted by Crippen LogP contribution is 2.41. The van der Waals surface area contributed by atoms with Crippen molar-refractivity contribution in [3.63, 3.8) is 0 Å². The minimum atomic E-state index is -0.842. The Balaban J connectivity index is 1.96. The third-order valence-electron chi connectivity index (χ3n) is 4.37. The normalized spacial score (nSPS) is 31.4. The summed E-state index contributed by atoms with van der Waals surface area (Å²) < 4.78 is 13.3. The van der Waals surface area contributed by atoms with Gasteiger partial charge in [-0.2, -0.15) is 0 Å².